The topological polar surface area (TPSA) is 436 Å². The van der Waals surface area contributed by atoms with Crippen LogP contribution in [0.2, 0.25) is 0 Å². The number of benzene rings is 3. The van der Waals surface area contributed by atoms with Crippen molar-refractivity contribution in [2.24, 2.45) is 10.1 Å². The first-order valence-corrected chi connectivity index (χ1v) is 32.6. The number of azide groups is 1. The number of carboxylic acid groups (broad SMARTS) is 1. The number of rotatable bonds is 30. The van der Waals surface area contributed by atoms with Crippen LogP contribution in [0.15, 0.2) is 72.8 Å². The molecule has 6 rings (SSSR count). The number of hydrogen-bond acceptors (Lipinski definition) is 20. The molecule has 3 amide bonds. The fourth-order valence-electron chi connectivity index (χ4n) is 8.42. The summed E-state index contributed by atoms with van der Waals surface area (Å²) < 4.78 is 71.2. The first-order valence-electron chi connectivity index (χ1n) is 25.6. The van der Waals surface area contributed by atoms with Gasteiger partial charge < -0.3 is 64.6 Å². The largest absolute Gasteiger partial charge is 0.490 e. The number of carbonyl (C=O) groups excluding carboxylic acids is 2. The molecule has 2 aliphatic heterocycles. The van der Waals surface area contributed by atoms with Gasteiger partial charge in [0.05, 0.1) is 30.2 Å². The van der Waals surface area contributed by atoms with Crippen molar-refractivity contribution in [3.05, 3.63) is 113 Å². The van der Waals surface area contributed by atoms with Crippen molar-refractivity contribution in [2.45, 2.75) is 71.8 Å². The molecule has 30 nitrogen and oxygen atoms in total. The summed E-state index contributed by atoms with van der Waals surface area (Å²) in [4.78, 5) is 110. The van der Waals surface area contributed by atoms with Crippen LogP contribution in [0.3, 0.4) is 0 Å². The summed E-state index contributed by atoms with van der Waals surface area (Å²) in [5, 5.41) is 26.6. The number of hydrogen-bond donors (Lipinski definition) is 10. The highest BCUT2D eigenvalue weighted by atomic mass is 33.1. The summed E-state index contributed by atoms with van der Waals surface area (Å²) >= 11 is 0. The van der Waals surface area contributed by atoms with E-state index in [0.717, 1.165) is 45.8 Å². The van der Waals surface area contributed by atoms with Gasteiger partial charge >= 0.3 is 41.2 Å². The van der Waals surface area contributed by atoms with Gasteiger partial charge in [-0.25, -0.2) is 28.1 Å². The molecule has 5 atom stereocenters. The van der Waals surface area contributed by atoms with Gasteiger partial charge in [0.15, 0.2) is 0 Å². The Morgan fingerprint density at radius 1 is 0.940 bits per heavy atom. The van der Waals surface area contributed by atoms with E-state index in [9.17, 15) is 52.6 Å². The Bertz CT molecular complexity index is 3640. The van der Waals surface area contributed by atoms with Crippen LogP contribution >= 0.6 is 45.1 Å². The van der Waals surface area contributed by atoms with Gasteiger partial charge in [-0.1, -0.05) is 38.5 Å². The Kier molecular flexibility index (Phi) is 24.8. The van der Waals surface area contributed by atoms with Crippen LogP contribution < -0.4 is 37.9 Å². The molecule has 0 radical (unpaired) electrons. The number of H-pyrrole nitrogens is 1. The molecule has 454 valence electrons. The lowest BCUT2D eigenvalue weighted by molar-refractivity contribution is -0.0601. The highest BCUT2D eigenvalue weighted by Gasteiger charge is 2.44. The molecule has 1 aliphatic carbocycles. The van der Waals surface area contributed by atoms with Crippen molar-refractivity contribution in [1.82, 2.24) is 25.5 Å². The van der Waals surface area contributed by atoms with Gasteiger partial charge in [0.2, 0.25) is 0 Å². The lowest BCUT2D eigenvalue weighted by atomic mass is 9.88. The van der Waals surface area contributed by atoms with E-state index in [1.807, 2.05) is 52.0 Å². The van der Waals surface area contributed by atoms with Crippen LogP contribution in [-0.4, -0.2) is 129 Å². The number of anilines is 1. The molecule has 0 spiro atoms. The van der Waals surface area contributed by atoms with Crippen LogP contribution in [0.5, 0.6) is 0 Å². The number of amides is 3. The van der Waals surface area contributed by atoms with Crippen molar-refractivity contribution < 1.29 is 84.5 Å². The van der Waals surface area contributed by atoms with Crippen molar-refractivity contribution in [3.8, 4) is 34.3 Å². The normalized spacial score (nSPS) is 16.7. The first kappa shape index (κ1) is 66.8. The number of phosphoric acid groups is 3. The molecule has 2 aromatic carbocycles. The summed E-state index contributed by atoms with van der Waals surface area (Å²) in [6, 6.07) is 11.7. The third kappa shape index (κ3) is 19.6. The van der Waals surface area contributed by atoms with Gasteiger partial charge in [0.1, 0.15) is 41.9 Å². The Balaban J connectivity index is 0.897. The zero-order chi connectivity index (χ0) is 61.2. The highest BCUT2D eigenvalue weighted by molar-refractivity contribution is 8.76. The molecule has 10 N–H and O–H groups in total. The van der Waals surface area contributed by atoms with Gasteiger partial charge in [-0.05, 0) is 99.5 Å². The van der Waals surface area contributed by atoms with Crippen LogP contribution in [0.4, 0.5) is 10.5 Å². The number of nitrogens with zero attached hydrogens (tertiary/aromatic N) is 5. The minimum absolute atomic E-state index is 0.0360. The smallest absolute Gasteiger partial charge is 0.478 e. The molecular formula is C49H61N10O20P3S2. The average Bonchev–Trinajstić information content (AvgIpc) is 3.88. The monoisotopic (exact) mass is 1270 g/mol. The van der Waals surface area contributed by atoms with Crippen LogP contribution in [0.1, 0.15) is 83.2 Å². The number of aromatic amines is 1. The summed E-state index contributed by atoms with van der Waals surface area (Å²) in [5.41, 5.74) is 11.8. The summed E-state index contributed by atoms with van der Waals surface area (Å²) in [7, 11) is -14.1. The maximum Gasteiger partial charge on any atom is 0.490 e. The van der Waals surface area contributed by atoms with E-state index in [-0.39, 0.29) is 30.0 Å². The first-order chi connectivity index (χ1) is 39.9. The predicted octanol–water partition coefficient (Wildman–Crippen LogP) is 6.61. The van der Waals surface area contributed by atoms with E-state index < -0.39 is 78.5 Å². The second-order valence-electron chi connectivity index (χ2n) is 18.1. The van der Waals surface area contributed by atoms with Crippen LogP contribution in [-0.2, 0) is 41.1 Å². The predicted molar refractivity (Wildman–Crippen MR) is 309 cm³/mol. The Labute approximate surface area is 486 Å². The molecule has 1 fully saturated rings. The molecule has 3 heterocycles. The van der Waals surface area contributed by atoms with Gasteiger partial charge in [0, 0.05) is 96.0 Å². The van der Waals surface area contributed by atoms with E-state index in [1.165, 1.54) is 33.7 Å². The van der Waals surface area contributed by atoms with Crippen molar-refractivity contribution in [1.29, 1.82) is 0 Å². The van der Waals surface area contributed by atoms with E-state index >= 15 is 0 Å². The molecule has 84 heavy (non-hydrogen) atoms. The minimum atomic E-state index is -5.84. The SMILES string of the molecule is CC/N=c1/cc2oc3cc(NCC)c(C)cc3c(-c3cc(C(=O)NCCSSCOCCCCCNC(=O)NCC#Cc4cn([C@H]5C[C@H](OCN=[N+]=[N-])[C@@H](COP(=O)(O)OP(=O)(O)OP(=O)(O)O)O5)c(=O)[nH]c4=O)ccc3C(=O)O)c-2cc1C. The molecule has 3 aromatic rings. The van der Waals surface area contributed by atoms with Crippen molar-refractivity contribution >= 4 is 79.6 Å². The zero-order valence-corrected chi connectivity index (χ0v) is 49.8. The Hall–Kier alpha value is -6.32. The number of ether oxygens (including phenoxy) is 3. The number of urea groups is 1. The number of fused-ring (bicyclic) bond motifs is 2. The molecule has 35 heteroatoms. The molecule has 0 bridgehead atoms. The minimum Gasteiger partial charge on any atom is -0.478 e. The number of carboxylic acids is 1. The summed E-state index contributed by atoms with van der Waals surface area (Å²) in [6.07, 6.45) is -0.903. The fraction of sp³-hybridized carbons (Fsp3) is 0.429. The van der Waals surface area contributed by atoms with Crippen LogP contribution in [0, 0.1) is 25.7 Å². The highest BCUT2D eigenvalue weighted by Crippen LogP contribution is 2.66. The standard InChI is InChI=1S/C49H61N10O20P3S2/c1-5-51-37-22-39-35(19-29(37)3)44(36-20-30(4)38(52-6-2)23-40(36)76-39)34-21-31(12-13-33(34)47(62)63)45(60)53-16-18-83-84-28-73-17-9-7-8-14-54-48(64)55-15-10-11-32-25-59(49(65)57-46(32)61)43-24-41(74-27-56-58-50)42(77-43)26-75-81(69,70)79-82(71,72)78-80(66,67)68/h12-13,19-23,25,41-43,51H,5-9,14-18,24,26-28H2,1-4H3,(H,53,60)(H,62,63)(H,69,70)(H,71,72)(H2,54,55,64)(H,57,61,65)(H2,66,67,68)/b52-38-/t41-,42+,43+/m0/s1. The van der Waals surface area contributed by atoms with Gasteiger partial charge in [-0.3, -0.25) is 28.7 Å². The van der Waals surface area contributed by atoms with E-state index in [0.29, 0.717) is 89.9 Å². The van der Waals surface area contributed by atoms with Gasteiger partial charge in [0.25, 0.3) is 11.5 Å². The third-order valence-corrected chi connectivity index (χ3v) is 17.9. The van der Waals surface area contributed by atoms with Crippen molar-refractivity contribution in [3.63, 3.8) is 0 Å². The second kappa shape index (κ2) is 31.2. The quantitative estimate of drug-likeness (QED) is 0.00266. The Morgan fingerprint density at radius 2 is 1.73 bits per heavy atom. The fourth-order valence-corrected chi connectivity index (χ4v) is 13.0. The van der Waals surface area contributed by atoms with Gasteiger partial charge in [-0.15, -0.1) is 0 Å². The summed E-state index contributed by atoms with van der Waals surface area (Å²) in [5.74, 6) is 5.14. The zero-order valence-electron chi connectivity index (χ0n) is 45.5. The molecular weight excluding hydrogens is 1210 g/mol. The number of aromatic carboxylic acids is 1. The lowest BCUT2D eigenvalue weighted by Crippen LogP contribution is -2.36. The number of carbonyl (C=O) groups is 3. The number of aryl methyl sites for hydroxylation is 2. The van der Waals surface area contributed by atoms with Crippen LogP contribution in [0.25, 0.3) is 43.9 Å². The summed E-state index contributed by atoms with van der Waals surface area (Å²) in [6.45, 7) is 8.50. The molecule has 3 aliphatic rings. The van der Waals surface area contributed by atoms with Crippen molar-refractivity contribution in [2.75, 3.05) is 69.7 Å². The third-order valence-electron chi connectivity index (χ3n) is 12.0. The van der Waals surface area contributed by atoms with Gasteiger partial charge in [-0.2, -0.15) is 8.62 Å². The number of aromatic nitrogens is 2. The number of nitrogens with one attached hydrogen (secondary N) is 5. The Morgan fingerprint density at radius 3 is 2.45 bits per heavy atom. The molecule has 2 unspecified atom stereocenters. The molecule has 1 saturated heterocycles. The molecule has 0 saturated carbocycles. The van der Waals surface area contributed by atoms with E-state index in [2.05, 4.69) is 66.3 Å². The second-order valence-corrected chi connectivity index (χ2v) is 25.0. The van der Waals surface area contributed by atoms with E-state index in [4.69, 9.17) is 33.9 Å². The lowest BCUT2D eigenvalue weighted by Gasteiger charge is -2.20. The molecule has 1 aromatic heterocycles. The number of unbranched alkanes of at least 4 members (excludes halogenated alkanes) is 2. The maximum absolute atomic E-state index is 13.5. The maximum atomic E-state index is 13.5. The van der Waals surface area contributed by atoms with E-state index in [1.54, 1.807) is 6.07 Å². The number of phosphoric ester groups is 1. The average molecular weight is 1270 g/mol.